The summed E-state index contributed by atoms with van der Waals surface area (Å²) in [6.45, 7) is 6.24. The molecule has 1 aromatic carbocycles. The number of aromatic amines is 1. The van der Waals surface area contributed by atoms with Crippen molar-refractivity contribution in [1.82, 2.24) is 9.88 Å². The number of fused-ring (bicyclic) bond motifs is 1. The lowest BCUT2D eigenvalue weighted by Gasteiger charge is -2.39. The number of nitrogens with one attached hydrogen (secondary N) is 1. The highest BCUT2D eigenvalue weighted by Crippen LogP contribution is 2.28. The Morgan fingerprint density at radius 1 is 1.35 bits per heavy atom. The van der Waals surface area contributed by atoms with Gasteiger partial charge in [-0.1, -0.05) is 18.2 Å². The lowest BCUT2D eigenvalue weighted by Crippen LogP contribution is -2.44. The van der Waals surface area contributed by atoms with Crippen molar-refractivity contribution in [2.24, 2.45) is 0 Å². The summed E-state index contributed by atoms with van der Waals surface area (Å²) in [6, 6.07) is 9.26. The van der Waals surface area contributed by atoms with Gasteiger partial charge in [0.2, 0.25) is 0 Å². The maximum absolute atomic E-state index is 5.82. The number of hydrogen-bond acceptors (Lipinski definition) is 2. The van der Waals surface area contributed by atoms with E-state index in [4.69, 9.17) is 4.74 Å². The van der Waals surface area contributed by atoms with Crippen molar-refractivity contribution < 1.29 is 4.74 Å². The van der Waals surface area contributed by atoms with Gasteiger partial charge in [0, 0.05) is 30.9 Å². The van der Waals surface area contributed by atoms with Crippen LogP contribution in [0, 0.1) is 0 Å². The summed E-state index contributed by atoms with van der Waals surface area (Å²) in [6.07, 6.45) is 4.25. The Labute approximate surface area is 120 Å². The van der Waals surface area contributed by atoms with Crippen LogP contribution < -0.4 is 0 Å². The predicted octanol–water partition coefficient (Wildman–Crippen LogP) is 3.56. The third kappa shape index (κ3) is 2.74. The molecule has 0 bridgehead atoms. The largest absolute Gasteiger partial charge is 0.375 e. The lowest BCUT2D eigenvalue weighted by molar-refractivity contribution is -0.0809. The van der Waals surface area contributed by atoms with Crippen molar-refractivity contribution in [2.45, 2.75) is 44.9 Å². The minimum atomic E-state index is 0.00954. The minimum absolute atomic E-state index is 0.00954. The third-order valence-electron chi connectivity index (χ3n) is 4.39. The summed E-state index contributed by atoms with van der Waals surface area (Å²) in [5.74, 6) is 0. The smallest absolute Gasteiger partial charge is 0.0641 e. The quantitative estimate of drug-likeness (QED) is 0.925. The second-order valence-electron chi connectivity index (χ2n) is 6.53. The molecule has 0 radical (unpaired) electrons. The maximum atomic E-state index is 5.82. The number of H-pyrrole nitrogens is 1. The van der Waals surface area contributed by atoms with Gasteiger partial charge in [-0.2, -0.15) is 0 Å². The van der Waals surface area contributed by atoms with Crippen LogP contribution in [0.5, 0.6) is 0 Å². The summed E-state index contributed by atoms with van der Waals surface area (Å²) in [5.41, 5.74) is 2.65. The van der Waals surface area contributed by atoms with E-state index in [2.05, 4.69) is 55.0 Å². The molecule has 0 amide bonds. The molecule has 108 valence electrons. The van der Waals surface area contributed by atoms with Gasteiger partial charge in [0.25, 0.3) is 0 Å². The second kappa shape index (κ2) is 5.23. The molecule has 1 aliphatic heterocycles. The summed E-state index contributed by atoms with van der Waals surface area (Å²) in [7, 11) is 2.23. The Morgan fingerprint density at radius 3 is 3.00 bits per heavy atom. The molecule has 1 fully saturated rings. The molecule has 3 heteroatoms. The number of rotatable bonds is 3. The number of ether oxygens (including phenoxy) is 1. The van der Waals surface area contributed by atoms with Crippen molar-refractivity contribution in [3.63, 3.8) is 0 Å². The van der Waals surface area contributed by atoms with Crippen LogP contribution >= 0.6 is 0 Å². The van der Waals surface area contributed by atoms with Gasteiger partial charge in [-0.15, -0.1) is 0 Å². The Hall–Kier alpha value is -1.32. The Kier molecular flexibility index (Phi) is 3.57. The number of benzene rings is 1. The highest BCUT2D eigenvalue weighted by atomic mass is 16.5. The van der Waals surface area contributed by atoms with Gasteiger partial charge in [-0.25, -0.2) is 0 Å². The average molecular weight is 272 g/mol. The van der Waals surface area contributed by atoms with Crippen molar-refractivity contribution in [1.29, 1.82) is 0 Å². The van der Waals surface area contributed by atoms with Crippen LogP contribution in [0.25, 0.3) is 10.9 Å². The molecule has 2 heterocycles. The first-order valence-corrected chi connectivity index (χ1v) is 7.44. The molecule has 1 atom stereocenters. The molecule has 1 saturated heterocycles. The van der Waals surface area contributed by atoms with Gasteiger partial charge in [-0.3, -0.25) is 4.90 Å². The second-order valence-corrected chi connectivity index (χ2v) is 6.53. The SMILES string of the molecule is CN(Cc1cccc2cc[nH]c12)[C@H]1CCOC(C)(C)C1. The molecule has 3 rings (SSSR count). The van der Waals surface area contributed by atoms with Crippen LogP contribution in [0.1, 0.15) is 32.3 Å². The van der Waals surface area contributed by atoms with Gasteiger partial charge in [0.15, 0.2) is 0 Å². The molecule has 0 spiro atoms. The maximum Gasteiger partial charge on any atom is 0.0641 e. The first kappa shape index (κ1) is 13.7. The molecule has 3 nitrogen and oxygen atoms in total. The molecular formula is C17H24N2O. The fourth-order valence-corrected chi connectivity index (χ4v) is 3.26. The summed E-state index contributed by atoms with van der Waals surface area (Å²) >= 11 is 0. The Balaban J connectivity index is 1.75. The Morgan fingerprint density at radius 2 is 2.20 bits per heavy atom. The number of nitrogens with zero attached hydrogens (tertiary/aromatic N) is 1. The van der Waals surface area contributed by atoms with E-state index in [0.29, 0.717) is 6.04 Å². The standard InChI is InChI=1S/C17H24N2O/c1-17(2)11-15(8-10-20-17)19(3)12-14-6-4-5-13-7-9-18-16(13)14/h4-7,9,15,18H,8,10-12H2,1-3H3/t15-/m0/s1. The molecule has 1 aromatic heterocycles. The monoisotopic (exact) mass is 272 g/mol. The zero-order chi connectivity index (χ0) is 14.2. The molecule has 2 aromatic rings. The topological polar surface area (TPSA) is 28.3 Å². The first-order chi connectivity index (χ1) is 9.55. The van der Waals surface area contributed by atoms with E-state index in [-0.39, 0.29) is 5.60 Å². The van der Waals surface area contributed by atoms with Gasteiger partial charge < -0.3 is 9.72 Å². The van der Waals surface area contributed by atoms with E-state index in [1.165, 1.54) is 16.5 Å². The van der Waals surface area contributed by atoms with Crippen LogP contribution in [0.4, 0.5) is 0 Å². The van der Waals surface area contributed by atoms with E-state index in [1.807, 2.05) is 6.20 Å². The zero-order valence-electron chi connectivity index (χ0n) is 12.6. The van der Waals surface area contributed by atoms with Gasteiger partial charge >= 0.3 is 0 Å². The third-order valence-corrected chi connectivity index (χ3v) is 4.39. The van der Waals surface area contributed by atoms with Gasteiger partial charge in [-0.05, 0) is 50.8 Å². The first-order valence-electron chi connectivity index (χ1n) is 7.44. The molecule has 1 aliphatic rings. The summed E-state index contributed by atoms with van der Waals surface area (Å²) in [5, 5.41) is 1.29. The van der Waals surface area contributed by atoms with E-state index in [1.54, 1.807) is 0 Å². The van der Waals surface area contributed by atoms with Crippen LogP contribution in [-0.4, -0.2) is 35.2 Å². The normalized spacial score (nSPS) is 22.5. The van der Waals surface area contributed by atoms with Crippen molar-refractivity contribution in [3.8, 4) is 0 Å². The summed E-state index contributed by atoms with van der Waals surface area (Å²) < 4.78 is 5.82. The average Bonchev–Trinajstić information content (AvgIpc) is 2.87. The number of aromatic nitrogens is 1. The highest BCUT2D eigenvalue weighted by Gasteiger charge is 2.30. The molecular weight excluding hydrogens is 248 g/mol. The van der Waals surface area contributed by atoms with Gasteiger partial charge in [0.1, 0.15) is 0 Å². The minimum Gasteiger partial charge on any atom is -0.375 e. The van der Waals surface area contributed by atoms with Crippen molar-refractivity contribution in [3.05, 3.63) is 36.0 Å². The van der Waals surface area contributed by atoms with E-state index in [9.17, 15) is 0 Å². The van der Waals surface area contributed by atoms with Crippen molar-refractivity contribution >= 4 is 10.9 Å². The van der Waals surface area contributed by atoms with E-state index >= 15 is 0 Å². The fraction of sp³-hybridized carbons (Fsp3) is 0.529. The highest BCUT2D eigenvalue weighted by molar-refractivity contribution is 5.82. The Bertz CT molecular complexity index is 587. The number of para-hydroxylation sites is 1. The van der Waals surface area contributed by atoms with Gasteiger partial charge in [0.05, 0.1) is 5.60 Å². The van der Waals surface area contributed by atoms with Crippen LogP contribution in [0.15, 0.2) is 30.5 Å². The van der Waals surface area contributed by atoms with Crippen LogP contribution in [-0.2, 0) is 11.3 Å². The predicted molar refractivity (Wildman–Crippen MR) is 82.8 cm³/mol. The molecule has 0 saturated carbocycles. The summed E-state index contributed by atoms with van der Waals surface area (Å²) in [4.78, 5) is 5.83. The molecule has 0 aliphatic carbocycles. The molecule has 1 N–H and O–H groups in total. The molecule has 0 unspecified atom stereocenters. The fourth-order valence-electron chi connectivity index (χ4n) is 3.26. The zero-order valence-corrected chi connectivity index (χ0v) is 12.6. The van der Waals surface area contributed by atoms with Crippen molar-refractivity contribution in [2.75, 3.05) is 13.7 Å². The molecule has 20 heavy (non-hydrogen) atoms. The van der Waals surface area contributed by atoms with Crippen LogP contribution in [0.3, 0.4) is 0 Å². The number of hydrogen-bond donors (Lipinski definition) is 1. The lowest BCUT2D eigenvalue weighted by atomic mass is 9.93. The van der Waals surface area contributed by atoms with E-state index < -0.39 is 0 Å². The van der Waals surface area contributed by atoms with Crippen LogP contribution in [0.2, 0.25) is 0 Å². The van der Waals surface area contributed by atoms with E-state index in [0.717, 1.165) is 26.0 Å².